The van der Waals surface area contributed by atoms with Gasteiger partial charge in [-0.25, -0.2) is 8.42 Å². The summed E-state index contributed by atoms with van der Waals surface area (Å²) in [6, 6.07) is 11.7. The van der Waals surface area contributed by atoms with Gasteiger partial charge >= 0.3 is 0 Å². The lowest BCUT2D eigenvalue weighted by molar-refractivity contribution is -0.0259. The van der Waals surface area contributed by atoms with Crippen LogP contribution in [-0.4, -0.2) is 40.1 Å². The standard InChI is InChI=1S/C20H26N2O5S/c1-20(2,3)15-8-10-16(11-9-15)21-19(23)14-7-12-17(26-5)18(13-14)28(24,25)22(4)27-6/h7-13H,1-6H3,(H,21,23). The summed E-state index contributed by atoms with van der Waals surface area (Å²) in [7, 11) is -0.118. The van der Waals surface area contributed by atoms with E-state index in [9.17, 15) is 13.2 Å². The average Bonchev–Trinajstić information content (AvgIpc) is 2.66. The molecule has 0 unspecified atom stereocenters. The van der Waals surface area contributed by atoms with Crippen molar-refractivity contribution in [2.75, 3.05) is 26.6 Å². The molecular formula is C20H26N2O5S. The van der Waals surface area contributed by atoms with Crippen molar-refractivity contribution in [2.24, 2.45) is 0 Å². The van der Waals surface area contributed by atoms with Gasteiger partial charge in [-0.3, -0.25) is 9.63 Å². The summed E-state index contributed by atoms with van der Waals surface area (Å²) in [5.74, 6) is -0.308. The average molecular weight is 407 g/mol. The van der Waals surface area contributed by atoms with Gasteiger partial charge in [-0.2, -0.15) is 0 Å². The van der Waals surface area contributed by atoms with Gasteiger partial charge in [0.15, 0.2) is 0 Å². The molecule has 1 N–H and O–H groups in total. The Labute approximate surface area is 166 Å². The van der Waals surface area contributed by atoms with E-state index in [-0.39, 0.29) is 21.6 Å². The van der Waals surface area contributed by atoms with Crippen molar-refractivity contribution < 1.29 is 22.8 Å². The van der Waals surface area contributed by atoms with Gasteiger partial charge in [0.25, 0.3) is 15.9 Å². The Balaban J connectivity index is 2.33. The number of nitrogens with one attached hydrogen (secondary N) is 1. The predicted octanol–water partition coefficient (Wildman–Crippen LogP) is 3.43. The highest BCUT2D eigenvalue weighted by molar-refractivity contribution is 7.89. The van der Waals surface area contributed by atoms with Gasteiger partial charge < -0.3 is 10.1 Å². The third-order valence-electron chi connectivity index (χ3n) is 4.31. The predicted molar refractivity (Wildman–Crippen MR) is 108 cm³/mol. The van der Waals surface area contributed by atoms with E-state index in [2.05, 4.69) is 26.1 Å². The second-order valence-electron chi connectivity index (χ2n) is 7.24. The van der Waals surface area contributed by atoms with E-state index in [0.717, 1.165) is 5.56 Å². The summed E-state index contributed by atoms with van der Waals surface area (Å²) in [6.45, 7) is 6.32. The van der Waals surface area contributed by atoms with Gasteiger partial charge in [0, 0.05) is 18.3 Å². The van der Waals surface area contributed by atoms with Crippen LogP contribution in [0.15, 0.2) is 47.4 Å². The van der Waals surface area contributed by atoms with E-state index in [0.29, 0.717) is 10.2 Å². The second kappa shape index (κ2) is 8.30. The van der Waals surface area contributed by atoms with Gasteiger partial charge in [-0.05, 0) is 41.3 Å². The van der Waals surface area contributed by atoms with E-state index in [1.54, 1.807) is 0 Å². The topological polar surface area (TPSA) is 84.9 Å². The maximum absolute atomic E-state index is 12.6. The zero-order valence-corrected chi connectivity index (χ0v) is 17.8. The highest BCUT2D eigenvalue weighted by Gasteiger charge is 2.26. The molecule has 0 spiro atoms. The van der Waals surface area contributed by atoms with E-state index in [4.69, 9.17) is 9.57 Å². The largest absolute Gasteiger partial charge is 0.495 e. The van der Waals surface area contributed by atoms with Crippen LogP contribution in [0.2, 0.25) is 0 Å². The van der Waals surface area contributed by atoms with Gasteiger partial charge in [0.2, 0.25) is 0 Å². The molecule has 0 saturated carbocycles. The SMILES string of the molecule is COc1ccc(C(=O)Nc2ccc(C(C)(C)C)cc2)cc1S(=O)(=O)N(C)OC. The Morgan fingerprint density at radius 1 is 1.04 bits per heavy atom. The minimum Gasteiger partial charge on any atom is -0.495 e. The Kier molecular flexibility index (Phi) is 6.48. The van der Waals surface area contributed by atoms with Gasteiger partial charge in [0.1, 0.15) is 10.6 Å². The fourth-order valence-corrected chi connectivity index (χ4v) is 3.67. The van der Waals surface area contributed by atoms with Crippen LogP contribution in [0, 0.1) is 0 Å². The Hall–Kier alpha value is -2.42. The minimum absolute atomic E-state index is 0.00909. The van der Waals surface area contributed by atoms with Crippen LogP contribution >= 0.6 is 0 Å². The van der Waals surface area contributed by atoms with Crippen molar-refractivity contribution in [1.82, 2.24) is 4.47 Å². The molecule has 152 valence electrons. The number of hydrogen-bond acceptors (Lipinski definition) is 5. The molecule has 0 aliphatic heterocycles. The molecule has 7 nitrogen and oxygen atoms in total. The molecule has 1 amide bonds. The number of benzene rings is 2. The summed E-state index contributed by atoms with van der Waals surface area (Å²) in [4.78, 5) is 17.3. The molecular weight excluding hydrogens is 380 g/mol. The maximum Gasteiger partial charge on any atom is 0.268 e. The number of carbonyl (C=O) groups is 1. The molecule has 28 heavy (non-hydrogen) atoms. The van der Waals surface area contributed by atoms with E-state index in [1.165, 1.54) is 39.5 Å². The fraction of sp³-hybridized carbons (Fsp3) is 0.350. The molecule has 0 aliphatic carbocycles. The zero-order chi connectivity index (χ0) is 21.1. The summed E-state index contributed by atoms with van der Waals surface area (Å²) in [5, 5.41) is 2.78. The first-order chi connectivity index (χ1) is 13.0. The number of ether oxygens (including phenoxy) is 1. The molecule has 0 aliphatic rings. The normalized spacial score (nSPS) is 12.1. The van der Waals surface area contributed by atoms with Crippen LogP contribution in [0.5, 0.6) is 5.75 Å². The molecule has 2 aromatic carbocycles. The molecule has 8 heteroatoms. The quantitative estimate of drug-likeness (QED) is 0.743. The molecule has 0 atom stereocenters. The highest BCUT2D eigenvalue weighted by Crippen LogP contribution is 2.28. The molecule has 0 heterocycles. The first kappa shape index (κ1) is 21.9. The summed E-state index contributed by atoms with van der Waals surface area (Å²) in [5.41, 5.74) is 1.96. The number of carbonyl (C=O) groups excluding carboxylic acids is 1. The summed E-state index contributed by atoms with van der Waals surface area (Å²) in [6.07, 6.45) is 0. The third-order valence-corrected chi connectivity index (χ3v) is 6.01. The smallest absolute Gasteiger partial charge is 0.268 e. The molecule has 2 rings (SSSR count). The number of anilines is 1. The van der Waals surface area contributed by atoms with E-state index >= 15 is 0 Å². The van der Waals surface area contributed by atoms with Crippen LogP contribution in [-0.2, 0) is 20.3 Å². The molecule has 0 saturated heterocycles. The minimum atomic E-state index is -3.98. The van der Waals surface area contributed by atoms with Crippen molar-refractivity contribution in [3.05, 3.63) is 53.6 Å². The number of rotatable bonds is 6. The third kappa shape index (κ3) is 4.70. The lowest BCUT2D eigenvalue weighted by Gasteiger charge is -2.19. The van der Waals surface area contributed by atoms with Crippen molar-refractivity contribution in [3.63, 3.8) is 0 Å². The van der Waals surface area contributed by atoms with Crippen molar-refractivity contribution in [2.45, 2.75) is 31.1 Å². The van der Waals surface area contributed by atoms with Crippen LogP contribution in [0.1, 0.15) is 36.7 Å². The lowest BCUT2D eigenvalue weighted by atomic mass is 9.87. The van der Waals surface area contributed by atoms with E-state index in [1.807, 2.05) is 24.3 Å². The molecule has 0 radical (unpaired) electrons. The number of hydrogen-bond donors (Lipinski definition) is 1. The molecule has 0 fully saturated rings. The van der Waals surface area contributed by atoms with E-state index < -0.39 is 15.9 Å². The van der Waals surface area contributed by atoms with Crippen LogP contribution in [0.25, 0.3) is 0 Å². The fourth-order valence-electron chi connectivity index (χ4n) is 2.51. The van der Waals surface area contributed by atoms with Gasteiger partial charge in [-0.1, -0.05) is 37.4 Å². The first-order valence-corrected chi connectivity index (χ1v) is 10.1. The second-order valence-corrected chi connectivity index (χ2v) is 9.15. The summed E-state index contributed by atoms with van der Waals surface area (Å²) < 4.78 is 31.0. The molecule has 2 aromatic rings. The van der Waals surface area contributed by atoms with Crippen LogP contribution in [0.3, 0.4) is 0 Å². The van der Waals surface area contributed by atoms with Crippen LogP contribution < -0.4 is 10.1 Å². The monoisotopic (exact) mass is 406 g/mol. The maximum atomic E-state index is 12.6. The molecule has 0 aromatic heterocycles. The van der Waals surface area contributed by atoms with Gasteiger partial charge in [-0.15, -0.1) is 0 Å². The number of methoxy groups -OCH3 is 1. The Bertz CT molecular complexity index is 948. The number of sulfonamides is 1. The number of hydroxylamine groups is 1. The lowest BCUT2D eigenvalue weighted by Crippen LogP contribution is -2.26. The van der Waals surface area contributed by atoms with Crippen molar-refractivity contribution in [3.8, 4) is 5.75 Å². The summed E-state index contributed by atoms with van der Waals surface area (Å²) >= 11 is 0. The Morgan fingerprint density at radius 3 is 2.14 bits per heavy atom. The van der Waals surface area contributed by atoms with Crippen molar-refractivity contribution in [1.29, 1.82) is 0 Å². The highest BCUT2D eigenvalue weighted by atomic mass is 32.2. The zero-order valence-electron chi connectivity index (χ0n) is 16.9. The first-order valence-electron chi connectivity index (χ1n) is 8.63. The van der Waals surface area contributed by atoms with Crippen LogP contribution in [0.4, 0.5) is 5.69 Å². The molecule has 0 bridgehead atoms. The number of amides is 1. The van der Waals surface area contributed by atoms with Crippen molar-refractivity contribution >= 4 is 21.6 Å². The Morgan fingerprint density at radius 2 is 1.64 bits per heavy atom. The van der Waals surface area contributed by atoms with Gasteiger partial charge in [0.05, 0.1) is 14.2 Å². The number of nitrogens with zero attached hydrogens (tertiary/aromatic N) is 1.